The average Bonchev–Trinajstić information content (AvgIpc) is 2.94. The van der Waals surface area contributed by atoms with E-state index in [1.807, 2.05) is 40.4 Å². The Bertz CT molecular complexity index is 1020. The number of alkyl halides is 1. The zero-order valence-corrected chi connectivity index (χ0v) is 22.9. The number of ketones is 2. The molecule has 3 fully saturated rings. The maximum absolute atomic E-state index is 18.0. The van der Waals surface area contributed by atoms with E-state index in [4.69, 9.17) is 9.16 Å². The second-order valence-corrected chi connectivity index (χ2v) is 17.0. The van der Waals surface area contributed by atoms with Crippen LogP contribution in [0.5, 0.6) is 0 Å². The van der Waals surface area contributed by atoms with Crippen molar-refractivity contribution in [3.63, 3.8) is 0 Å². The average molecular weight is 507 g/mol. The predicted octanol–water partition coefficient (Wildman–Crippen LogP) is 4.33. The lowest BCUT2D eigenvalue weighted by Gasteiger charge is -2.64. The van der Waals surface area contributed by atoms with Gasteiger partial charge in [-0.05, 0) is 76.2 Å². The smallest absolute Gasteiger partial charge is 0.303 e. The van der Waals surface area contributed by atoms with E-state index in [1.165, 1.54) is 13.0 Å². The van der Waals surface area contributed by atoms with Crippen LogP contribution in [0, 0.1) is 28.6 Å². The van der Waals surface area contributed by atoms with Crippen LogP contribution in [0.4, 0.5) is 4.39 Å². The number of carbonyl (C=O) groups is 3. The summed E-state index contributed by atoms with van der Waals surface area (Å²) >= 11 is 0. The standard InChI is InChI=1S/C27H39FO6Si/c1-16-12-21-20-9-8-18-13-19(30)10-11-24(18,3)26(20,28)23(34-35(5,6)7)14-25(21,4)27(16,32)22(31)15-33-17(2)29/h10-11,13,16,20-21,23,32H,8-9,12,14-15H2,1-7H3/t16-,20?,21?,23-,24-,25-,26?,27-/m0/s1. The first-order valence-electron chi connectivity index (χ1n) is 12.7. The van der Waals surface area contributed by atoms with Crippen LogP contribution in [-0.2, 0) is 23.5 Å². The van der Waals surface area contributed by atoms with E-state index in [0.29, 0.717) is 19.3 Å². The molecule has 0 amide bonds. The van der Waals surface area contributed by atoms with Gasteiger partial charge in [-0.3, -0.25) is 14.4 Å². The van der Waals surface area contributed by atoms with Crippen LogP contribution in [0.1, 0.15) is 53.4 Å². The van der Waals surface area contributed by atoms with Crippen molar-refractivity contribution in [1.82, 2.24) is 0 Å². The van der Waals surface area contributed by atoms with Gasteiger partial charge in [-0.15, -0.1) is 0 Å². The van der Waals surface area contributed by atoms with Gasteiger partial charge in [0.1, 0.15) is 5.60 Å². The van der Waals surface area contributed by atoms with Crippen LogP contribution >= 0.6 is 0 Å². The summed E-state index contributed by atoms with van der Waals surface area (Å²) in [5, 5.41) is 12.0. The summed E-state index contributed by atoms with van der Waals surface area (Å²) in [7, 11) is -2.25. The number of hydrogen-bond acceptors (Lipinski definition) is 6. The highest BCUT2D eigenvalue weighted by Gasteiger charge is 2.76. The Labute approximate surface area is 208 Å². The number of halogens is 1. The van der Waals surface area contributed by atoms with E-state index in [1.54, 1.807) is 12.2 Å². The third-order valence-electron chi connectivity index (χ3n) is 9.53. The number of ether oxygens (including phenoxy) is 1. The SMILES string of the molecule is CC(=O)OCC(=O)[C@@]1(O)[C@@H](C)CC2C3CCC4=CC(=O)C=C[C@]4(C)C3(F)[C@@H](O[Si](C)(C)C)C[C@@]21C. The zero-order chi connectivity index (χ0) is 26.2. The Morgan fingerprint density at radius 1 is 1.23 bits per heavy atom. The minimum Gasteiger partial charge on any atom is -0.458 e. The molecule has 0 aromatic carbocycles. The van der Waals surface area contributed by atoms with E-state index >= 15 is 4.39 Å². The van der Waals surface area contributed by atoms with Crippen molar-refractivity contribution < 1.29 is 33.0 Å². The maximum atomic E-state index is 18.0. The maximum Gasteiger partial charge on any atom is 0.303 e. The van der Waals surface area contributed by atoms with Crippen molar-refractivity contribution >= 4 is 25.9 Å². The monoisotopic (exact) mass is 506 g/mol. The molecule has 35 heavy (non-hydrogen) atoms. The van der Waals surface area contributed by atoms with Gasteiger partial charge in [0, 0.05) is 23.7 Å². The Morgan fingerprint density at radius 3 is 2.49 bits per heavy atom. The number of rotatable bonds is 5. The topological polar surface area (TPSA) is 89.9 Å². The number of Topliss-reactive ketones (excluding diaryl/α,β-unsaturated/α-hetero) is 1. The number of esters is 1. The van der Waals surface area contributed by atoms with E-state index in [0.717, 1.165) is 5.57 Å². The summed E-state index contributed by atoms with van der Waals surface area (Å²) in [6, 6.07) is 0. The van der Waals surface area contributed by atoms with E-state index in [-0.39, 0.29) is 18.1 Å². The molecule has 0 radical (unpaired) electrons. The molecule has 0 aromatic heterocycles. The molecule has 6 nitrogen and oxygen atoms in total. The lowest BCUT2D eigenvalue weighted by atomic mass is 9.44. The molecule has 0 aromatic rings. The molecule has 0 spiro atoms. The second kappa shape index (κ2) is 8.18. The Kier molecular flexibility index (Phi) is 6.18. The Morgan fingerprint density at radius 2 is 1.89 bits per heavy atom. The quantitative estimate of drug-likeness (QED) is 0.441. The van der Waals surface area contributed by atoms with Gasteiger partial charge in [-0.2, -0.15) is 0 Å². The fourth-order valence-corrected chi connectivity index (χ4v) is 9.04. The first kappa shape index (κ1) is 26.4. The number of aliphatic hydroxyl groups is 1. The summed E-state index contributed by atoms with van der Waals surface area (Å²) in [5.74, 6) is -2.39. The predicted molar refractivity (Wildman–Crippen MR) is 132 cm³/mol. The lowest BCUT2D eigenvalue weighted by molar-refractivity contribution is -0.215. The van der Waals surface area contributed by atoms with Crippen LogP contribution in [0.15, 0.2) is 23.8 Å². The van der Waals surface area contributed by atoms with Crippen LogP contribution in [0.2, 0.25) is 19.6 Å². The molecule has 1 N–H and O–H groups in total. The van der Waals surface area contributed by atoms with Gasteiger partial charge < -0.3 is 14.3 Å². The summed E-state index contributed by atoms with van der Waals surface area (Å²) in [6.07, 6.45) is 5.67. The molecule has 194 valence electrons. The Balaban J connectivity index is 1.84. The lowest BCUT2D eigenvalue weighted by Crippen LogP contribution is -2.70. The van der Waals surface area contributed by atoms with Crippen LogP contribution in [0.3, 0.4) is 0 Å². The first-order chi connectivity index (χ1) is 16.0. The molecule has 3 unspecified atom stereocenters. The van der Waals surface area contributed by atoms with E-state index in [2.05, 4.69) is 0 Å². The summed E-state index contributed by atoms with van der Waals surface area (Å²) in [6.45, 7) is 12.4. The van der Waals surface area contributed by atoms with Gasteiger partial charge in [0.2, 0.25) is 5.78 Å². The number of allylic oxidation sites excluding steroid dienone is 4. The zero-order valence-electron chi connectivity index (χ0n) is 21.9. The summed E-state index contributed by atoms with van der Waals surface area (Å²) < 4.78 is 29.5. The normalized spacial score (nSPS) is 44.7. The molecule has 3 saturated carbocycles. The van der Waals surface area contributed by atoms with Crippen molar-refractivity contribution in [2.24, 2.45) is 28.6 Å². The largest absolute Gasteiger partial charge is 0.458 e. The van der Waals surface area contributed by atoms with E-state index < -0.39 is 66.7 Å². The molecular formula is C27H39FO6Si. The van der Waals surface area contributed by atoms with Crippen molar-refractivity contribution in [2.45, 2.75) is 90.4 Å². The third kappa shape index (κ3) is 3.65. The molecule has 0 saturated heterocycles. The third-order valence-corrected chi connectivity index (χ3v) is 10.5. The van der Waals surface area contributed by atoms with Crippen LogP contribution < -0.4 is 0 Å². The molecular weight excluding hydrogens is 467 g/mol. The molecule has 0 bridgehead atoms. The Hall–Kier alpha value is -1.64. The fraction of sp³-hybridized carbons (Fsp3) is 0.741. The van der Waals surface area contributed by atoms with Gasteiger partial charge in [-0.25, -0.2) is 4.39 Å². The highest BCUT2D eigenvalue weighted by atomic mass is 28.4. The fourth-order valence-electron chi connectivity index (χ4n) is 7.94. The molecule has 0 aliphatic heterocycles. The van der Waals surface area contributed by atoms with Gasteiger partial charge in [0.25, 0.3) is 0 Å². The number of carbonyl (C=O) groups excluding carboxylic acids is 3. The van der Waals surface area contributed by atoms with Crippen LogP contribution in [0.25, 0.3) is 0 Å². The number of hydrogen-bond donors (Lipinski definition) is 1. The summed E-state index contributed by atoms with van der Waals surface area (Å²) in [4.78, 5) is 36.9. The van der Waals surface area contributed by atoms with Crippen LogP contribution in [-0.4, -0.2) is 54.9 Å². The van der Waals surface area contributed by atoms with Crippen molar-refractivity contribution in [2.75, 3.05) is 6.61 Å². The number of fused-ring (bicyclic) bond motifs is 5. The van der Waals surface area contributed by atoms with Crippen molar-refractivity contribution in [1.29, 1.82) is 0 Å². The van der Waals surface area contributed by atoms with E-state index in [9.17, 15) is 19.5 Å². The molecule has 4 aliphatic rings. The minimum absolute atomic E-state index is 0.122. The van der Waals surface area contributed by atoms with Gasteiger partial charge in [0.15, 0.2) is 26.4 Å². The highest BCUT2D eigenvalue weighted by Crippen LogP contribution is 2.71. The summed E-state index contributed by atoms with van der Waals surface area (Å²) in [5.41, 5.74) is -4.70. The van der Waals surface area contributed by atoms with Gasteiger partial charge in [-0.1, -0.05) is 25.5 Å². The molecule has 8 atom stereocenters. The van der Waals surface area contributed by atoms with Gasteiger partial charge >= 0.3 is 5.97 Å². The highest BCUT2D eigenvalue weighted by molar-refractivity contribution is 6.69. The molecule has 8 heteroatoms. The first-order valence-corrected chi connectivity index (χ1v) is 16.1. The van der Waals surface area contributed by atoms with Crippen molar-refractivity contribution in [3.05, 3.63) is 23.8 Å². The minimum atomic E-state index is -2.25. The molecule has 0 heterocycles. The van der Waals surface area contributed by atoms with Crippen molar-refractivity contribution in [3.8, 4) is 0 Å². The second-order valence-electron chi connectivity index (χ2n) is 12.6. The molecule has 4 aliphatic carbocycles. The van der Waals surface area contributed by atoms with Gasteiger partial charge in [0.05, 0.1) is 6.10 Å². The molecule has 4 rings (SSSR count).